The van der Waals surface area contributed by atoms with Gasteiger partial charge in [-0.25, -0.2) is 4.79 Å². The number of carbonyl (C=O) groups excluding carboxylic acids is 1. The molecular formula is C14H20N2O3. The Kier molecular flexibility index (Phi) is 4.27. The molecule has 19 heavy (non-hydrogen) atoms. The number of nitrogens with zero attached hydrogens (tertiary/aromatic N) is 1. The molecule has 1 fully saturated rings. The molecule has 1 heterocycles. The van der Waals surface area contributed by atoms with E-state index in [1.807, 2.05) is 0 Å². The Hall–Kier alpha value is -1.75. The van der Waals surface area contributed by atoms with Crippen molar-refractivity contribution < 1.29 is 14.6 Å². The first-order chi connectivity index (χ1) is 9.17. The van der Waals surface area contributed by atoms with E-state index >= 15 is 0 Å². The lowest BCUT2D eigenvalue weighted by atomic mass is 9.97. The molecule has 0 aromatic heterocycles. The first-order valence-electron chi connectivity index (χ1n) is 6.50. The Morgan fingerprint density at radius 3 is 3.05 bits per heavy atom. The Morgan fingerprint density at radius 2 is 2.37 bits per heavy atom. The van der Waals surface area contributed by atoms with Gasteiger partial charge in [-0.05, 0) is 30.9 Å². The van der Waals surface area contributed by atoms with Gasteiger partial charge in [0.2, 0.25) is 0 Å². The fraction of sp³-hybridized carbons (Fsp3) is 0.500. The number of esters is 1. The van der Waals surface area contributed by atoms with Gasteiger partial charge in [0.25, 0.3) is 0 Å². The van der Waals surface area contributed by atoms with Gasteiger partial charge in [0.15, 0.2) is 0 Å². The minimum atomic E-state index is -0.381. The van der Waals surface area contributed by atoms with Crippen LogP contribution in [0.15, 0.2) is 18.2 Å². The van der Waals surface area contributed by atoms with Crippen molar-refractivity contribution in [2.45, 2.75) is 12.8 Å². The third kappa shape index (κ3) is 2.81. The molecule has 0 amide bonds. The number of para-hydroxylation sites is 1. The second-order valence-electron chi connectivity index (χ2n) is 4.87. The van der Waals surface area contributed by atoms with E-state index in [1.165, 1.54) is 7.11 Å². The van der Waals surface area contributed by atoms with Crippen molar-refractivity contribution in [3.63, 3.8) is 0 Å². The number of aliphatic hydroxyl groups is 1. The van der Waals surface area contributed by atoms with Gasteiger partial charge in [0.1, 0.15) is 0 Å². The van der Waals surface area contributed by atoms with E-state index in [-0.39, 0.29) is 18.5 Å². The number of nitrogen functional groups attached to an aromatic ring is 1. The second kappa shape index (κ2) is 5.93. The van der Waals surface area contributed by atoms with Crippen molar-refractivity contribution in [3.05, 3.63) is 23.8 Å². The maximum atomic E-state index is 11.8. The summed E-state index contributed by atoms with van der Waals surface area (Å²) in [7, 11) is 1.36. The average Bonchev–Trinajstić information content (AvgIpc) is 2.46. The van der Waals surface area contributed by atoms with Crippen molar-refractivity contribution in [2.75, 3.05) is 37.4 Å². The van der Waals surface area contributed by atoms with Crippen LogP contribution < -0.4 is 10.6 Å². The minimum Gasteiger partial charge on any atom is -0.465 e. The molecule has 1 aliphatic heterocycles. The summed E-state index contributed by atoms with van der Waals surface area (Å²) in [5.41, 5.74) is 7.81. The first kappa shape index (κ1) is 13.7. The Morgan fingerprint density at radius 1 is 1.58 bits per heavy atom. The third-order valence-corrected chi connectivity index (χ3v) is 3.57. The standard InChI is InChI=1S/C14H20N2O3/c1-19-14(18)11-5-2-6-12(15)13(11)16-7-3-4-10(8-16)9-17/h2,5-6,10,17H,3-4,7-9,15H2,1H3. The topological polar surface area (TPSA) is 75.8 Å². The molecule has 0 aliphatic carbocycles. The molecule has 5 nitrogen and oxygen atoms in total. The summed E-state index contributed by atoms with van der Waals surface area (Å²) in [6.07, 6.45) is 1.99. The Bertz CT molecular complexity index is 462. The predicted molar refractivity (Wildman–Crippen MR) is 74.2 cm³/mol. The van der Waals surface area contributed by atoms with Crippen molar-refractivity contribution >= 4 is 17.3 Å². The monoisotopic (exact) mass is 264 g/mol. The van der Waals surface area contributed by atoms with E-state index in [0.717, 1.165) is 25.1 Å². The summed E-state index contributed by atoms with van der Waals surface area (Å²) in [5.74, 6) is -0.146. The van der Waals surface area contributed by atoms with Gasteiger partial charge < -0.3 is 20.5 Å². The Balaban J connectivity index is 2.34. The lowest BCUT2D eigenvalue weighted by Crippen LogP contribution is -2.38. The van der Waals surface area contributed by atoms with Crippen LogP contribution in [0.4, 0.5) is 11.4 Å². The van der Waals surface area contributed by atoms with Crippen LogP contribution in [0.1, 0.15) is 23.2 Å². The minimum absolute atomic E-state index is 0.163. The molecule has 1 aliphatic rings. The lowest BCUT2D eigenvalue weighted by Gasteiger charge is -2.35. The average molecular weight is 264 g/mol. The number of hydrogen-bond donors (Lipinski definition) is 2. The van der Waals surface area contributed by atoms with Gasteiger partial charge >= 0.3 is 5.97 Å². The zero-order valence-electron chi connectivity index (χ0n) is 11.1. The normalized spacial score (nSPS) is 19.3. The van der Waals surface area contributed by atoms with E-state index in [2.05, 4.69) is 4.90 Å². The molecular weight excluding hydrogens is 244 g/mol. The molecule has 104 valence electrons. The van der Waals surface area contributed by atoms with Crippen LogP contribution in [0.25, 0.3) is 0 Å². The quantitative estimate of drug-likeness (QED) is 0.635. The van der Waals surface area contributed by atoms with Crippen molar-refractivity contribution in [1.29, 1.82) is 0 Å². The number of ether oxygens (including phenoxy) is 1. The van der Waals surface area contributed by atoms with Gasteiger partial charge in [-0.15, -0.1) is 0 Å². The van der Waals surface area contributed by atoms with Crippen molar-refractivity contribution in [2.24, 2.45) is 5.92 Å². The zero-order valence-corrected chi connectivity index (χ0v) is 11.1. The molecule has 5 heteroatoms. The van der Waals surface area contributed by atoms with Crippen LogP contribution in [-0.4, -0.2) is 37.9 Å². The maximum Gasteiger partial charge on any atom is 0.340 e. The molecule has 1 unspecified atom stereocenters. The number of hydrogen-bond acceptors (Lipinski definition) is 5. The SMILES string of the molecule is COC(=O)c1cccc(N)c1N1CCCC(CO)C1. The highest BCUT2D eigenvalue weighted by molar-refractivity contribution is 5.99. The summed E-state index contributed by atoms with van der Waals surface area (Å²) >= 11 is 0. The third-order valence-electron chi connectivity index (χ3n) is 3.57. The molecule has 0 bridgehead atoms. The number of anilines is 2. The molecule has 1 aromatic carbocycles. The predicted octanol–water partition coefficient (Wildman–Crippen LogP) is 1.26. The number of rotatable bonds is 3. The highest BCUT2D eigenvalue weighted by atomic mass is 16.5. The second-order valence-corrected chi connectivity index (χ2v) is 4.87. The fourth-order valence-electron chi connectivity index (χ4n) is 2.61. The zero-order chi connectivity index (χ0) is 13.8. The van der Waals surface area contributed by atoms with E-state index in [4.69, 9.17) is 10.5 Å². The number of methoxy groups -OCH3 is 1. The molecule has 2 rings (SSSR count). The molecule has 1 saturated heterocycles. The van der Waals surface area contributed by atoms with E-state index < -0.39 is 0 Å². The van der Waals surface area contributed by atoms with Crippen LogP contribution in [0.5, 0.6) is 0 Å². The van der Waals surface area contributed by atoms with Crippen LogP contribution in [0, 0.1) is 5.92 Å². The van der Waals surface area contributed by atoms with Crippen LogP contribution in [0.2, 0.25) is 0 Å². The van der Waals surface area contributed by atoms with Gasteiger partial charge in [0.05, 0.1) is 24.0 Å². The van der Waals surface area contributed by atoms with Gasteiger partial charge in [-0.2, -0.15) is 0 Å². The number of benzene rings is 1. The smallest absolute Gasteiger partial charge is 0.340 e. The van der Waals surface area contributed by atoms with Gasteiger partial charge in [-0.1, -0.05) is 6.07 Å². The van der Waals surface area contributed by atoms with E-state index in [0.29, 0.717) is 17.8 Å². The van der Waals surface area contributed by atoms with Crippen molar-refractivity contribution in [1.82, 2.24) is 0 Å². The molecule has 1 aromatic rings. The summed E-state index contributed by atoms with van der Waals surface area (Å²) in [6, 6.07) is 5.25. The highest BCUT2D eigenvalue weighted by Gasteiger charge is 2.25. The van der Waals surface area contributed by atoms with E-state index in [1.54, 1.807) is 18.2 Å². The summed E-state index contributed by atoms with van der Waals surface area (Å²) < 4.78 is 4.81. The van der Waals surface area contributed by atoms with E-state index in [9.17, 15) is 9.90 Å². The maximum absolute atomic E-state index is 11.8. The summed E-state index contributed by atoms with van der Waals surface area (Å²) in [4.78, 5) is 13.9. The number of nitrogens with two attached hydrogens (primary N) is 1. The number of carbonyl (C=O) groups is 1. The lowest BCUT2D eigenvalue weighted by molar-refractivity contribution is 0.0601. The summed E-state index contributed by atoms with van der Waals surface area (Å²) in [6.45, 7) is 1.72. The fourth-order valence-corrected chi connectivity index (χ4v) is 2.61. The van der Waals surface area contributed by atoms with Gasteiger partial charge in [-0.3, -0.25) is 0 Å². The molecule has 1 atom stereocenters. The van der Waals surface area contributed by atoms with Crippen LogP contribution in [-0.2, 0) is 4.74 Å². The van der Waals surface area contributed by atoms with Crippen molar-refractivity contribution in [3.8, 4) is 0 Å². The largest absolute Gasteiger partial charge is 0.465 e. The molecule has 0 saturated carbocycles. The van der Waals surface area contributed by atoms with Crippen LogP contribution >= 0.6 is 0 Å². The first-order valence-corrected chi connectivity index (χ1v) is 6.50. The molecule has 0 radical (unpaired) electrons. The number of aliphatic hydroxyl groups excluding tert-OH is 1. The molecule has 3 N–H and O–H groups in total. The molecule has 0 spiro atoms. The Labute approximate surface area is 113 Å². The van der Waals surface area contributed by atoms with Gasteiger partial charge in [0, 0.05) is 19.7 Å². The highest BCUT2D eigenvalue weighted by Crippen LogP contribution is 2.32. The number of piperidine rings is 1. The summed E-state index contributed by atoms with van der Waals surface area (Å²) in [5, 5.41) is 9.30. The van der Waals surface area contributed by atoms with Crippen LogP contribution in [0.3, 0.4) is 0 Å².